The highest BCUT2D eigenvalue weighted by Crippen LogP contribution is 2.12. The number of rotatable bonds is 5. The third-order valence-electron chi connectivity index (χ3n) is 2.93. The average molecular weight is 284 g/mol. The highest BCUT2D eigenvalue weighted by Gasteiger charge is 2.01. The van der Waals surface area contributed by atoms with Gasteiger partial charge in [0.2, 0.25) is 0 Å². The Bertz CT molecular complexity index is 672. The highest BCUT2D eigenvalue weighted by molar-refractivity contribution is 7.09. The minimum atomic E-state index is 0.746. The molecule has 2 aromatic heterocycles. The first-order valence-electron chi connectivity index (χ1n) is 6.51. The fourth-order valence-corrected chi connectivity index (χ4v) is 2.68. The van der Waals surface area contributed by atoms with Gasteiger partial charge >= 0.3 is 0 Å². The molecule has 3 aromatic rings. The molecule has 3 rings (SSSR count). The monoisotopic (exact) mass is 284 g/mol. The van der Waals surface area contributed by atoms with Gasteiger partial charge in [-0.2, -0.15) is 5.10 Å². The Hall–Kier alpha value is -2.14. The molecule has 1 aromatic carbocycles. The topological polar surface area (TPSA) is 42.7 Å². The van der Waals surface area contributed by atoms with Gasteiger partial charge in [-0.25, -0.2) is 4.98 Å². The second-order valence-corrected chi connectivity index (χ2v) is 5.59. The minimum Gasteiger partial charge on any atom is -0.376 e. The lowest BCUT2D eigenvalue weighted by atomic mass is 10.2. The van der Waals surface area contributed by atoms with Gasteiger partial charge in [0.15, 0.2) is 0 Å². The van der Waals surface area contributed by atoms with Crippen LogP contribution in [0.3, 0.4) is 0 Å². The summed E-state index contributed by atoms with van der Waals surface area (Å²) in [7, 11) is 0. The van der Waals surface area contributed by atoms with E-state index < -0.39 is 0 Å². The smallest absolute Gasteiger partial charge is 0.112 e. The molecule has 4 nitrogen and oxygen atoms in total. The fraction of sp³-hybridized carbons (Fsp3) is 0.200. The van der Waals surface area contributed by atoms with Gasteiger partial charge in [0, 0.05) is 17.3 Å². The lowest BCUT2D eigenvalue weighted by molar-refractivity contribution is 0.687. The highest BCUT2D eigenvalue weighted by atomic mass is 32.1. The van der Waals surface area contributed by atoms with Crippen LogP contribution in [-0.4, -0.2) is 14.8 Å². The summed E-state index contributed by atoms with van der Waals surface area (Å²) in [4.78, 5) is 4.43. The normalized spacial score (nSPS) is 10.7. The van der Waals surface area contributed by atoms with Crippen LogP contribution in [0.5, 0.6) is 0 Å². The van der Waals surface area contributed by atoms with Crippen LogP contribution in [0.4, 0.5) is 5.69 Å². The van der Waals surface area contributed by atoms with Crippen LogP contribution >= 0.6 is 11.3 Å². The van der Waals surface area contributed by atoms with Crippen LogP contribution in [0.2, 0.25) is 0 Å². The van der Waals surface area contributed by atoms with Crippen molar-refractivity contribution >= 4 is 17.0 Å². The molecule has 0 atom stereocenters. The SMILES string of the molecule is Cc1csc(CNc2cnn(Cc3ccccc3)c2)n1. The molecule has 0 aliphatic carbocycles. The minimum absolute atomic E-state index is 0.746. The number of aromatic nitrogens is 3. The van der Waals surface area contributed by atoms with Crippen molar-refractivity contribution in [3.05, 3.63) is 64.4 Å². The van der Waals surface area contributed by atoms with E-state index in [4.69, 9.17) is 0 Å². The molecule has 0 fully saturated rings. The van der Waals surface area contributed by atoms with Crippen molar-refractivity contribution in [3.63, 3.8) is 0 Å². The van der Waals surface area contributed by atoms with Gasteiger partial charge in [-0.05, 0) is 12.5 Å². The number of hydrogen-bond acceptors (Lipinski definition) is 4. The van der Waals surface area contributed by atoms with E-state index in [1.807, 2.05) is 42.2 Å². The molecule has 0 saturated heterocycles. The van der Waals surface area contributed by atoms with Crippen molar-refractivity contribution in [3.8, 4) is 0 Å². The molecule has 2 heterocycles. The van der Waals surface area contributed by atoms with Crippen LogP contribution in [0.25, 0.3) is 0 Å². The molecule has 0 amide bonds. The Labute approximate surface area is 122 Å². The van der Waals surface area contributed by atoms with Gasteiger partial charge in [0.25, 0.3) is 0 Å². The molecule has 0 radical (unpaired) electrons. The third-order valence-corrected chi connectivity index (χ3v) is 3.90. The van der Waals surface area contributed by atoms with E-state index in [9.17, 15) is 0 Å². The summed E-state index contributed by atoms with van der Waals surface area (Å²) in [5.74, 6) is 0. The maximum Gasteiger partial charge on any atom is 0.112 e. The number of anilines is 1. The molecule has 1 N–H and O–H groups in total. The van der Waals surface area contributed by atoms with Crippen molar-refractivity contribution in [1.82, 2.24) is 14.8 Å². The Morgan fingerprint density at radius 1 is 1.25 bits per heavy atom. The third kappa shape index (κ3) is 3.24. The van der Waals surface area contributed by atoms with Gasteiger partial charge in [0.05, 0.1) is 25.0 Å². The van der Waals surface area contributed by atoms with Gasteiger partial charge in [-0.15, -0.1) is 11.3 Å². The first kappa shape index (κ1) is 12.9. The summed E-state index contributed by atoms with van der Waals surface area (Å²) >= 11 is 1.68. The second kappa shape index (κ2) is 5.88. The molecule has 0 bridgehead atoms. The summed E-state index contributed by atoms with van der Waals surface area (Å²) in [5.41, 5.74) is 3.35. The van der Waals surface area contributed by atoms with Crippen LogP contribution in [-0.2, 0) is 13.1 Å². The molecule has 102 valence electrons. The molecule has 20 heavy (non-hydrogen) atoms. The quantitative estimate of drug-likeness (QED) is 0.781. The molecule has 5 heteroatoms. The van der Waals surface area contributed by atoms with E-state index >= 15 is 0 Å². The molecule has 0 unspecified atom stereocenters. The lowest BCUT2D eigenvalue weighted by Gasteiger charge is -2.01. The first-order valence-corrected chi connectivity index (χ1v) is 7.39. The zero-order valence-electron chi connectivity index (χ0n) is 11.3. The number of benzene rings is 1. The van der Waals surface area contributed by atoms with Gasteiger partial charge in [0.1, 0.15) is 5.01 Å². The second-order valence-electron chi connectivity index (χ2n) is 4.65. The molecule has 0 aliphatic rings. The van der Waals surface area contributed by atoms with Crippen LogP contribution < -0.4 is 5.32 Å². The van der Waals surface area contributed by atoms with Crippen molar-refractivity contribution in [2.45, 2.75) is 20.0 Å². The predicted octanol–water partition coefficient (Wildman–Crippen LogP) is 3.31. The maximum atomic E-state index is 4.43. The van der Waals surface area contributed by atoms with Crippen LogP contribution in [0.1, 0.15) is 16.3 Å². The summed E-state index contributed by atoms with van der Waals surface area (Å²) in [6.45, 7) is 3.55. The first-order chi connectivity index (χ1) is 9.79. The maximum absolute atomic E-state index is 4.43. The van der Waals surface area contributed by atoms with E-state index in [0.29, 0.717) is 0 Å². The summed E-state index contributed by atoms with van der Waals surface area (Å²) in [6, 6.07) is 10.3. The zero-order chi connectivity index (χ0) is 13.8. The van der Waals surface area contributed by atoms with Crippen molar-refractivity contribution in [2.24, 2.45) is 0 Å². The van der Waals surface area contributed by atoms with Gasteiger partial charge in [-0.1, -0.05) is 30.3 Å². The summed E-state index contributed by atoms with van der Waals surface area (Å²) < 4.78 is 1.94. The zero-order valence-corrected chi connectivity index (χ0v) is 12.1. The average Bonchev–Trinajstić information content (AvgIpc) is 3.07. The number of hydrogen-bond donors (Lipinski definition) is 1. The Balaban J connectivity index is 1.59. The van der Waals surface area contributed by atoms with Crippen molar-refractivity contribution < 1.29 is 0 Å². The Morgan fingerprint density at radius 2 is 2.10 bits per heavy atom. The van der Waals surface area contributed by atoms with E-state index in [-0.39, 0.29) is 0 Å². The number of aryl methyl sites for hydroxylation is 1. The van der Waals surface area contributed by atoms with Crippen molar-refractivity contribution in [2.75, 3.05) is 5.32 Å². The standard InChI is InChI=1S/C15H16N4S/c1-12-11-20-15(18-12)8-16-14-7-17-19(10-14)9-13-5-3-2-4-6-13/h2-7,10-11,16H,8-9H2,1H3. The molecular weight excluding hydrogens is 268 g/mol. The lowest BCUT2D eigenvalue weighted by Crippen LogP contribution is -2.00. The summed E-state index contributed by atoms with van der Waals surface area (Å²) in [6.07, 6.45) is 3.87. The Morgan fingerprint density at radius 3 is 2.85 bits per heavy atom. The van der Waals surface area contributed by atoms with Crippen LogP contribution in [0.15, 0.2) is 48.1 Å². The largest absolute Gasteiger partial charge is 0.376 e. The predicted molar refractivity (Wildman–Crippen MR) is 81.9 cm³/mol. The van der Waals surface area contributed by atoms with E-state index in [2.05, 4.69) is 32.9 Å². The molecule has 0 spiro atoms. The van der Waals surface area contributed by atoms with Crippen LogP contribution in [0, 0.1) is 6.92 Å². The van der Waals surface area contributed by atoms with E-state index in [1.54, 1.807) is 11.3 Å². The molecular formula is C15H16N4S. The number of nitrogens with one attached hydrogen (secondary N) is 1. The van der Waals surface area contributed by atoms with Gasteiger partial charge < -0.3 is 5.32 Å². The Kier molecular flexibility index (Phi) is 3.78. The fourth-order valence-electron chi connectivity index (χ4n) is 1.97. The van der Waals surface area contributed by atoms with E-state index in [0.717, 1.165) is 29.5 Å². The summed E-state index contributed by atoms with van der Waals surface area (Å²) in [5, 5.41) is 10.9. The van der Waals surface area contributed by atoms with E-state index in [1.165, 1.54) is 5.56 Å². The number of thiazole rings is 1. The number of nitrogens with zero attached hydrogens (tertiary/aromatic N) is 3. The molecule has 0 saturated carbocycles. The van der Waals surface area contributed by atoms with Gasteiger partial charge in [-0.3, -0.25) is 4.68 Å². The van der Waals surface area contributed by atoms with Crippen molar-refractivity contribution in [1.29, 1.82) is 0 Å². The molecule has 0 aliphatic heterocycles.